The molecule has 0 unspecified atom stereocenters. The molecular formula is C14H22N2O2. The fourth-order valence-corrected chi connectivity index (χ4v) is 1.56. The molecule has 0 radical (unpaired) electrons. The maximum absolute atomic E-state index is 11.6. The summed E-state index contributed by atoms with van der Waals surface area (Å²) in [5.41, 5.74) is 7.26. The molecule has 3 N–H and O–H groups in total. The molecule has 4 nitrogen and oxygen atoms in total. The first-order chi connectivity index (χ1) is 8.72. The Hall–Kier alpha value is -1.55. The molecule has 0 aromatic heterocycles. The maximum atomic E-state index is 11.6. The third-order valence-corrected chi connectivity index (χ3v) is 2.53. The number of nitrogens with two attached hydrogens (primary N) is 1. The van der Waals surface area contributed by atoms with Crippen molar-refractivity contribution in [1.29, 1.82) is 0 Å². The van der Waals surface area contributed by atoms with Gasteiger partial charge in [-0.25, -0.2) is 0 Å². The zero-order valence-corrected chi connectivity index (χ0v) is 10.9. The number of nitrogens with one attached hydrogen (secondary N) is 1. The molecule has 1 aromatic rings. The molecule has 0 spiro atoms. The molecule has 0 aliphatic carbocycles. The molecule has 18 heavy (non-hydrogen) atoms. The normalized spacial score (nSPS) is 10.3. The lowest BCUT2D eigenvalue weighted by atomic mass is 10.1. The van der Waals surface area contributed by atoms with Crippen LogP contribution in [0.3, 0.4) is 0 Å². The van der Waals surface area contributed by atoms with Crippen LogP contribution in [0.5, 0.6) is 0 Å². The number of benzene rings is 1. The van der Waals surface area contributed by atoms with Gasteiger partial charge in [-0.15, -0.1) is 0 Å². The molecular weight excluding hydrogens is 228 g/mol. The molecule has 0 bridgehead atoms. The number of carbonyl (C=O) groups is 1. The van der Waals surface area contributed by atoms with Gasteiger partial charge in [-0.05, 0) is 24.1 Å². The Morgan fingerprint density at radius 3 is 2.94 bits per heavy atom. The SMILES string of the molecule is CCCCOCCNC(=O)Cc1cccc(N)c1. The number of amides is 1. The Morgan fingerprint density at radius 2 is 2.22 bits per heavy atom. The molecule has 0 atom stereocenters. The van der Waals surface area contributed by atoms with Crippen LogP contribution in [0.1, 0.15) is 25.3 Å². The van der Waals surface area contributed by atoms with Crippen LogP contribution < -0.4 is 11.1 Å². The maximum Gasteiger partial charge on any atom is 0.224 e. The molecule has 0 aliphatic rings. The van der Waals surface area contributed by atoms with Gasteiger partial charge in [-0.1, -0.05) is 25.5 Å². The Balaban J connectivity index is 2.14. The highest BCUT2D eigenvalue weighted by Crippen LogP contribution is 2.06. The number of anilines is 1. The molecule has 100 valence electrons. The van der Waals surface area contributed by atoms with Crippen molar-refractivity contribution in [3.05, 3.63) is 29.8 Å². The molecule has 1 aromatic carbocycles. The van der Waals surface area contributed by atoms with E-state index in [0.29, 0.717) is 25.3 Å². The average Bonchev–Trinajstić information content (AvgIpc) is 2.33. The first-order valence-corrected chi connectivity index (χ1v) is 6.41. The molecule has 0 saturated carbocycles. The van der Waals surface area contributed by atoms with Gasteiger partial charge in [0.1, 0.15) is 0 Å². The smallest absolute Gasteiger partial charge is 0.224 e. The Bertz CT molecular complexity index is 367. The van der Waals surface area contributed by atoms with Gasteiger partial charge in [0.2, 0.25) is 5.91 Å². The van der Waals surface area contributed by atoms with Crippen LogP contribution in [0.15, 0.2) is 24.3 Å². The summed E-state index contributed by atoms with van der Waals surface area (Å²) >= 11 is 0. The minimum absolute atomic E-state index is 0.000286. The fourth-order valence-electron chi connectivity index (χ4n) is 1.56. The molecule has 0 heterocycles. The second-order valence-corrected chi connectivity index (χ2v) is 4.24. The van der Waals surface area contributed by atoms with Gasteiger partial charge in [0.25, 0.3) is 0 Å². The summed E-state index contributed by atoms with van der Waals surface area (Å²) in [6.45, 7) is 4.02. The second kappa shape index (κ2) is 8.53. The predicted octanol–water partition coefficient (Wildman–Crippen LogP) is 1.74. The van der Waals surface area contributed by atoms with E-state index < -0.39 is 0 Å². The molecule has 1 rings (SSSR count). The second-order valence-electron chi connectivity index (χ2n) is 4.24. The van der Waals surface area contributed by atoms with Crippen LogP contribution >= 0.6 is 0 Å². The van der Waals surface area contributed by atoms with Gasteiger partial charge in [-0.2, -0.15) is 0 Å². The Kier molecular flexibility index (Phi) is 6.87. The van der Waals surface area contributed by atoms with Crippen molar-refractivity contribution in [2.24, 2.45) is 0 Å². The highest BCUT2D eigenvalue weighted by atomic mass is 16.5. The van der Waals surface area contributed by atoms with Crippen molar-refractivity contribution >= 4 is 11.6 Å². The number of hydrogen-bond acceptors (Lipinski definition) is 3. The summed E-state index contributed by atoms with van der Waals surface area (Å²) in [4.78, 5) is 11.6. The zero-order chi connectivity index (χ0) is 13.2. The third kappa shape index (κ3) is 6.25. The van der Waals surface area contributed by atoms with E-state index in [1.807, 2.05) is 24.3 Å². The minimum Gasteiger partial charge on any atom is -0.399 e. The highest BCUT2D eigenvalue weighted by molar-refractivity contribution is 5.78. The number of rotatable bonds is 8. The topological polar surface area (TPSA) is 64.3 Å². The molecule has 0 saturated heterocycles. The quantitative estimate of drug-likeness (QED) is 0.545. The van der Waals surface area contributed by atoms with Crippen molar-refractivity contribution in [2.75, 3.05) is 25.5 Å². The van der Waals surface area contributed by atoms with Gasteiger partial charge in [0, 0.05) is 18.8 Å². The van der Waals surface area contributed by atoms with E-state index in [4.69, 9.17) is 10.5 Å². The standard InChI is InChI=1S/C14H22N2O2/c1-2-3-8-18-9-7-16-14(17)11-12-5-4-6-13(15)10-12/h4-6,10H,2-3,7-9,11,15H2,1H3,(H,16,17). The number of carbonyl (C=O) groups excluding carboxylic acids is 1. The van der Waals surface area contributed by atoms with Crippen molar-refractivity contribution in [1.82, 2.24) is 5.32 Å². The first-order valence-electron chi connectivity index (χ1n) is 6.41. The van der Waals surface area contributed by atoms with Gasteiger partial charge in [0.15, 0.2) is 0 Å². The van der Waals surface area contributed by atoms with E-state index >= 15 is 0 Å². The summed E-state index contributed by atoms with van der Waals surface area (Å²) in [7, 11) is 0. The van der Waals surface area contributed by atoms with Gasteiger partial charge in [-0.3, -0.25) is 4.79 Å². The monoisotopic (exact) mass is 250 g/mol. The summed E-state index contributed by atoms with van der Waals surface area (Å²) in [5, 5.41) is 2.82. The minimum atomic E-state index is -0.000286. The van der Waals surface area contributed by atoms with E-state index in [9.17, 15) is 4.79 Å². The third-order valence-electron chi connectivity index (χ3n) is 2.53. The van der Waals surface area contributed by atoms with Crippen molar-refractivity contribution in [2.45, 2.75) is 26.2 Å². The van der Waals surface area contributed by atoms with Crippen molar-refractivity contribution < 1.29 is 9.53 Å². The van der Waals surface area contributed by atoms with E-state index in [1.54, 1.807) is 0 Å². The van der Waals surface area contributed by atoms with E-state index in [1.165, 1.54) is 0 Å². The van der Waals surface area contributed by atoms with Crippen LogP contribution in [-0.2, 0) is 16.0 Å². The fraction of sp³-hybridized carbons (Fsp3) is 0.500. The van der Waals surface area contributed by atoms with Gasteiger partial charge < -0.3 is 15.8 Å². The summed E-state index contributed by atoms with van der Waals surface area (Å²) in [6, 6.07) is 7.37. The average molecular weight is 250 g/mol. The van der Waals surface area contributed by atoms with Crippen LogP contribution in [-0.4, -0.2) is 25.7 Å². The number of hydrogen-bond donors (Lipinski definition) is 2. The van der Waals surface area contributed by atoms with Crippen LogP contribution in [0, 0.1) is 0 Å². The largest absolute Gasteiger partial charge is 0.399 e. The summed E-state index contributed by atoms with van der Waals surface area (Å²) in [6.07, 6.45) is 2.55. The molecule has 1 amide bonds. The Morgan fingerprint density at radius 1 is 1.39 bits per heavy atom. The van der Waals surface area contributed by atoms with Crippen molar-refractivity contribution in [3.63, 3.8) is 0 Å². The number of ether oxygens (including phenoxy) is 1. The predicted molar refractivity (Wildman–Crippen MR) is 73.3 cm³/mol. The van der Waals surface area contributed by atoms with E-state index in [0.717, 1.165) is 25.0 Å². The number of nitrogen functional groups attached to an aromatic ring is 1. The van der Waals surface area contributed by atoms with E-state index in [2.05, 4.69) is 12.2 Å². The van der Waals surface area contributed by atoms with Crippen LogP contribution in [0.4, 0.5) is 5.69 Å². The zero-order valence-electron chi connectivity index (χ0n) is 10.9. The van der Waals surface area contributed by atoms with Crippen molar-refractivity contribution in [3.8, 4) is 0 Å². The lowest BCUT2D eigenvalue weighted by Crippen LogP contribution is -2.28. The summed E-state index contributed by atoms with van der Waals surface area (Å²) in [5.74, 6) is -0.000286. The lowest BCUT2D eigenvalue weighted by Gasteiger charge is -2.06. The van der Waals surface area contributed by atoms with Crippen LogP contribution in [0.25, 0.3) is 0 Å². The molecule has 0 aliphatic heterocycles. The summed E-state index contributed by atoms with van der Waals surface area (Å²) < 4.78 is 5.36. The molecule has 4 heteroatoms. The Labute approximate surface area is 109 Å². The van der Waals surface area contributed by atoms with Gasteiger partial charge in [0.05, 0.1) is 13.0 Å². The van der Waals surface area contributed by atoms with Gasteiger partial charge >= 0.3 is 0 Å². The molecule has 0 fully saturated rings. The highest BCUT2D eigenvalue weighted by Gasteiger charge is 2.02. The number of unbranched alkanes of at least 4 members (excludes halogenated alkanes) is 1. The van der Waals surface area contributed by atoms with Crippen LogP contribution in [0.2, 0.25) is 0 Å². The van der Waals surface area contributed by atoms with E-state index in [-0.39, 0.29) is 5.91 Å². The lowest BCUT2D eigenvalue weighted by molar-refractivity contribution is -0.120. The first kappa shape index (κ1) is 14.5.